The van der Waals surface area contributed by atoms with Crippen LogP contribution in [-0.4, -0.2) is 29.0 Å². The summed E-state index contributed by atoms with van der Waals surface area (Å²) in [6, 6.07) is 9.24. The fourth-order valence-corrected chi connectivity index (χ4v) is 1.44. The number of ether oxygens (including phenoxy) is 2. The third kappa shape index (κ3) is 5.46. The molecule has 1 aromatic carbocycles. The molecule has 106 valence electrons. The molecule has 0 radical (unpaired) electrons. The van der Waals surface area contributed by atoms with E-state index in [9.17, 15) is 9.59 Å². The largest absolute Gasteiger partial charge is 0.461 e. The Bertz CT molecular complexity index is 507. The van der Waals surface area contributed by atoms with Gasteiger partial charge in [0.25, 0.3) is 0 Å². The fourth-order valence-electron chi connectivity index (χ4n) is 1.44. The number of hydrogen-bond acceptors (Lipinski definition) is 4. The van der Waals surface area contributed by atoms with Gasteiger partial charge >= 0.3 is 17.7 Å². The Morgan fingerprint density at radius 2 is 1.85 bits per heavy atom. The topological polar surface area (TPSA) is 89.0 Å². The third-order valence-electron chi connectivity index (χ3n) is 2.44. The molecule has 6 nitrogen and oxygen atoms in total. The molecule has 0 aliphatic heterocycles. The lowest BCUT2D eigenvalue weighted by Gasteiger charge is -2.03. The predicted octanol–water partition coefficient (Wildman–Crippen LogP) is 1.74. The van der Waals surface area contributed by atoms with E-state index in [1.54, 1.807) is 6.92 Å². The lowest BCUT2D eigenvalue weighted by atomic mass is 10.2. The van der Waals surface area contributed by atoms with Gasteiger partial charge in [0.1, 0.15) is 6.61 Å². The maximum atomic E-state index is 11.5. The van der Waals surface area contributed by atoms with Crippen molar-refractivity contribution in [1.29, 1.82) is 0 Å². The Morgan fingerprint density at radius 3 is 2.45 bits per heavy atom. The molecule has 1 rings (SSSR count). The Labute approximate surface area is 116 Å². The van der Waals surface area contributed by atoms with Crippen LogP contribution in [0.25, 0.3) is 5.53 Å². The van der Waals surface area contributed by atoms with Crippen LogP contribution in [0.3, 0.4) is 0 Å². The summed E-state index contributed by atoms with van der Waals surface area (Å²) in [6.45, 7) is 1.99. The van der Waals surface area contributed by atoms with Crippen molar-refractivity contribution in [2.45, 2.75) is 26.4 Å². The molecule has 0 spiro atoms. The van der Waals surface area contributed by atoms with Crippen LogP contribution in [0, 0.1) is 0 Å². The van der Waals surface area contributed by atoms with Gasteiger partial charge in [0.15, 0.2) is 0 Å². The van der Waals surface area contributed by atoms with Gasteiger partial charge in [-0.05, 0) is 12.5 Å². The second-order valence-corrected chi connectivity index (χ2v) is 3.91. The predicted molar refractivity (Wildman–Crippen MR) is 70.7 cm³/mol. The van der Waals surface area contributed by atoms with Gasteiger partial charge in [-0.1, -0.05) is 30.3 Å². The summed E-state index contributed by atoms with van der Waals surface area (Å²) in [4.78, 5) is 25.6. The first-order valence-corrected chi connectivity index (χ1v) is 6.25. The second-order valence-electron chi connectivity index (χ2n) is 3.91. The summed E-state index contributed by atoms with van der Waals surface area (Å²) >= 11 is 0. The molecule has 0 saturated heterocycles. The smallest absolute Gasteiger partial charge is 0.416 e. The van der Waals surface area contributed by atoms with Crippen molar-refractivity contribution in [1.82, 2.24) is 0 Å². The van der Waals surface area contributed by atoms with Gasteiger partial charge in [0.2, 0.25) is 0 Å². The zero-order chi connectivity index (χ0) is 14.8. The van der Waals surface area contributed by atoms with Crippen LogP contribution in [0.2, 0.25) is 0 Å². The minimum Gasteiger partial charge on any atom is -0.461 e. The highest BCUT2D eigenvalue weighted by Crippen LogP contribution is 2.03. The SMILES string of the molecule is CCOC(=O)C(CCC(=O)OCc1ccccc1)=[N+]=[N-]. The number of hydrogen-bond donors (Lipinski definition) is 0. The monoisotopic (exact) mass is 276 g/mol. The summed E-state index contributed by atoms with van der Waals surface area (Å²) in [5, 5.41) is 0. The molecule has 0 atom stereocenters. The van der Waals surface area contributed by atoms with E-state index < -0.39 is 11.9 Å². The van der Waals surface area contributed by atoms with Crippen LogP contribution in [0.4, 0.5) is 0 Å². The molecule has 6 heteroatoms. The molecule has 0 N–H and O–H groups in total. The maximum Gasteiger partial charge on any atom is 0.416 e. The Balaban J connectivity index is 2.36. The lowest BCUT2D eigenvalue weighted by molar-refractivity contribution is -0.145. The van der Waals surface area contributed by atoms with Crippen molar-refractivity contribution < 1.29 is 23.9 Å². The Hall–Kier alpha value is -2.46. The number of carbonyl (C=O) groups is 2. The van der Waals surface area contributed by atoms with Gasteiger partial charge in [-0.25, -0.2) is 4.79 Å². The molecule has 0 bridgehead atoms. The van der Waals surface area contributed by atoms with E-state index in [-0.39, 0.29) is 31.8 Å². The van der Waals surface area contributed by atoms with E-state index >= 15 is 0 Å². The molecule has 0 saturated carbocycles. The first kappa shape index (κ1) is 15.6. The van der Waals surface area contributed by atoms with Gasteiger partial charge < -0.3 is 15.0 Å². The van der Waals surface area contributed by atoms with Crippen molar-refractivity contribution in [3.8, 4) is 0 Å². The van der Waals surface area contributed by atoms with Crippen molar-refractivity contribution in [3.05, 3.63) is 41.4 Å². The molecule has 0 aliphatic carbocycles. The minimum absolute atomic E-state index is 0.0248. The van der Waals surface area contributed by atoms with Crippen molar-refractivity contribution >= 4 is 17.7 Å². The summed E-state index contributed by atoms with van der Waals surface area (Å²) in [7, 11) is 0. The van der Waals surface area contributed by atoms with Gasteiger partial charge in [0, 0.05) is 0 Å². The molecular formula is C14H16N2O4. The normalized spacial score (nSPS) is 9.45. The average Bonchev–Trinajstić information content (AvgIpc) is 2.47. The standard InChI is InChI=1S/C14H16N2O4/c1-2-19-14(18)12(16-15)8-9-13(17)20-10-11-6-4-3-5-7-11/h3-7H,2,8-10H2,1H3. The maximum absolute atomic E-state index is 11.5. The quantitative estimate of drug-likeness (QED) is 0.328. The van der Waals surface area contributed by atoms with E-state index in [1.165, 1.54) is 0 Å². The Morgan fingerprint density at radius 1 is 1.15 bits per heavy atom. The molecule has 0 amide bonds. The summed E-state index contributed by atoms with van der Waals surface area (Å²) < 4.78 is 9.71. The molecule has 0 fully saturated rings. The number of benzene rings is 1. The number of rotatable bonds is 7. The van der Waals surface area contributed by atoms with E-state index in [0.29, 0.717) is 0 Å². The van der Waals surface area contributed by atoms with Crippen LogP contribution in [0.5, 0.6) is 0 Å². The van der Waals surface area contributed by atoms with Crippen LogP contribution in [0.1, 0.15) is 25.3 Å². The molecular weight excluding hydrogens is 260 g/mol. The third-order valence-corrected chi connectivity index (χ3v) is 2.44. The van der Waals surface area contributed by atoms with Gasteiger partial charge in [-0.15, -0.1) is 0 Å². The number of nitrogens with zero attached hydrogens (tertiary/aromatic N) is 2. The zero-order valence-electron chi connectivity index (χ0n) is 11.2. The highest BCUT2D eigenvalue weighted by Gasteiger charge is 2.22. The molecule has 0 aliphatic rings. The summed E-state index contributed by atoms with van der Waals surface area (Å²) in [5.74, 6) is -1.20. The minimum atomic E-state index is -0.731. The lowest BCUT2D eigenvalue weighted by Crippen LogP contribution is -2.20. The van der Waals surface area contributed by atoms with Crippen LogP contribution in [-0.2, 0) is 25.7 Å². The first-order chi connectivity index (χ1) is 9.67. The fraction of sp³-hybridized carbons (Fsp3) is 0.357. The van der Waals surface area contributed by atoms with E-state index in [4.69, 9.17) is 10.3 Å². The molecule has 0 heterocycles. The molecule has 0 aromatic heterocycles. The van der Waals surface area contributed by atoms with E-state index in [2.05, 4.69) is 9.53 Å². The van der Waals surface area contributed by atoms with Crippen LogP contribution in [0.15, 0.2) is 30.3 Å². The molecule has 20 heavy (non-hydrogen) atoms. The van der Waals surface area contributed by atoms with Crippen molar-refractivity contribution in [2.24, 2.45) is 0 Å². The first-order valence-electron chi connectivity index (χ1n) is 6.25. The van der Waals surface area contributed by atoms with Crippen LogP contribution < -0.4 is 0 Å². The van der Waals surface area contributed by atoms with Crippen LogP contribution >= 0.6 is 0 Å². The van der Waals surface area contributed by atoms with Crippen molar-refractivity contribution in [3.63, 3.8) is 0 Å². The zero-order valence-corrected chi connectivity index (χ0v) is 11.2. The average molecular weight is 276 g/mol. The number of carbonyl (C=O) groups excluding carboxylic acids is 2. The van der Waals surface area contributed by atoms with Gasteiger partial charge in [-0.3, -0.25) is 4.79 Å². The molecule has 1 aromatic rings. The van der Waals surface area contributed by atoms with E-state index in [1.807, 2.05) is 30.3 Å². The van der Waals surface area contributed by atoms with Gasteiger partial charge in [0.05, 0.1) is 19.4 Å². The summed E-state index contributed by atoms with van der Waals surface area (Å²) in [5.41, 5.74) is 9.36. The highest BCUT2D eigenvalue weighted by molar-refractivity contribution is 6.34. The Kier molecular flexibility index (Phi) is 6.71. The van der Waals surface area contributed by atoms with E-state index in [0.717, 1.165) is 5.56 Å². The highest BCUT2D eigenvalue weighted by atomic mass is 16.5. The van der Waals surface area contributed by atoms with Crippen molar-refractivity contribution in [2.75, 3.05) is 6.61 Å². The second kappa shape index (κ2) is 8.61. The molecule has 0 unspecified atom stereocenters. The van der Waals surface area contributed by atoms with Gasteiger partial charge in [-0.2, -0.15) is 4.79 Å². The summed E-state index contributed by atoms with van der Waals surface area (Å²) in [6.07, 6.45) is -0.0754. The number of esters is 2.